The normalized spacial score (nSPS) is 14.3. The molecule has 0 spiro atoms. The van der Waals surface area contributed by atoms with Gasteiger partial charge < -0.3 is 10.5 Å². The quantitative estimate of drug-likeness (QED) is 0.833. The van der Waals surface area contributed by atoms with Crippen LogP contribution < -0.4 is 10.5 Å². The summed E-state index contributed by atoms with van der Waals surface area (Å²) in [6.07, 6.45) is 2.22. The number of hydrogen-bond acceptors (Lipinski definition) is 2. The van der Waals surface area contributed by atoms with Gasteiger partial charge in [-0.05, 0) is 81.7 Å². The van der Waals surface area contributed by atoms with Gasteiger partial charge in [-0.1, -0.05) is 6.92 Å². The standard InChI is InChI=1S/C17H29NO/c1-7-19-16-10-12(3)17(15(6)14(16)5)11(2)8-9-13(4)18/h10-11,13H,7-9,18H2,1-6H3. The minimum Gasteiger partial charge on any atom is -0.494 e. The Kier molecular flexibility index (Phi) is 5.86. The third-order valence-electron chi connectivity index (χ3n) is 3.96. The molecule has 0 saturated heterocycles. The lowest BCUT2D eigenvalue weighted by Crippen LogP contribution is -2.16. The number of rotatable bonds is 6. The summed E-state index contributed by atoms with van der Waals surface area (Å²) in [6, 6.07) is 2.47. The van der Waals surface area contributed by atoms with E-state index >= 15 is 0 Å². The predicted molar refractivity (Wildman–Crippen MR) is 83.1 cm³/mol. The largest absolute Gasteiger partial charge is 0.494 e. The fourth-order valence-corrected chi connectivity index (χ4v) is 2.79. The van der Waals surface area contributed by atoms with E-state index in [9.17, 15) is 0 Å². The molecule has 108 valence electrons. The maximum atomic E-state index is 5.87. The molecule has 0 aromatic heterocycles. The van der Waals surface area contributed by atoms with E-state index in [1.165, 1.54) is 22.3 Å². The van der Waals surface area contributed by atoms with E-state index in [4.69, 9.17) is 10.5 Å². The highest BCUT2D eigenvalue weighted by atomic mass is 16.5. The zero-order valence-electron chi connectivity index (χ0n) is 13.3. The monoisotopic (exact) mass is 263 g/mol. The van der Waals surface area contributed by atoms with E-state index in [1.54, 1.807) is 0 Å². The lowest BCUT2D eigenvalue weighted by Gasteiger charge is -2.22. The van der Waals surface area contributed by atoms with Crippen LogP contribution in [0.4, 0.5) is 0 Å². The molecule has 0 heterocycles. The Hall–Kier alpha value is -1.02. The van der Waals surface area contributed by atoms with Crippen LogP contribution in [0, 0.1) is 20.8 Å². The van der Waals surface area contributed by atoms with Crippen LogP contribution in [0.5, 0.6) is 5.75 Å². The van der Waals surface area contributed by atoms with Crippen molar-refractivity contribution in [2.75, 3.05) is 6.61 Å². The van der Waals surface area contributed by atoms with E-state index in [0.717, 1.165) is 25.2 Å². The van der Waals surface area contributed by atoms with Gasteiger partial charge in [0.2, 0.25) is 0 Å². The zero-order valence-corrected chi connectivity index (χ0v) is 13.3. The molecular formula is C17H29NO. The van der Waals surface area contributed by atoms with E-state index in [2.05, 4.69) is 40.7 Å². The summed E-state index contributed by atoms with van der Waals surface area (Å²) >= 11 is 0. The average molecular weight is 263 g/mol. The molecule has 2 N–H and O–H groups in total. The summed E-state index contributed by atoms with van der Waals surface area (Å²) in [5, 5.41) is 0. The second kappa shape index (κ2) is 6.95. The van der Waals surface area contributed by atoms with Gasteiger partial charge in [-0.25, -0.2) is 0 Å². The minimum absolute atomic E-state index is 0.284. The molecule has 0 aliphatic carbocycles. The first kappa shape index (κ1) is 16.0. The van der Waals surface area contributed by atoms with Gasteiger partial charge in [-0.15, -0.1) is 0 Å². The first-order valence-electron chi connectivity index (χ1n) is 7.37. The molecule has 1 aromatic rings. The molecule has 0 aliphatic heterocycles. The molecule has 2 heteroatoms. The van der Waals surface area contributed by atoms with Crippen LogP contribution in [0.1, 0.15) is 61.8 Å². The van der Waals surface area contributed by atoms with Gasteiger partial charge in [0.1, 0.15) is 5.75 Å². The Morgan fingerprint density at radius 2 is 1.74 bits per heavy atom. The predicted octanol–water partition coefficient (Wildman–Crippen LogP) is 4.24. The van der Waals surface area contributed by atoms with Crippen molar-refractivity contribution < 1.29 is 4.74 Å². The third-order valence-corrected chi connectivity index (χ3v) is 3.96. The molecule has 0 saturated carbocycles. The highest BCUT2D eigenvalue weighted by Gasteiger charge is 2.16. The Morgan fingerprint density at radius 3 is 2.26 bits per heavy atom. The molecule has 2 unspecified atom stereocenters. The van der Waals surface area contributed by atoms with Gasteiger partial charge in [-0.3, -0.25) is 0 Å². The molecule has 1 aromatic carbocycles. The average Bonchev–Trinajstić information content (AvgIpc) is 2.33. The molecule has 0 radical (unpaired) electrons. The minimum atomic E-state index is 0.284. The Bertz CT molecular complexity index is 424. The van der Waals surface area contributed by atoms with Crippen molar-refractivity contribution in [1.82, 2.24) is 0 Å². The van der Waals surface area contributed by atoms with Crippen LogP contribution in [-0.4, -0.2) is 12.6 Å². The van der Waals surface area contributed by atoms with Crippen molar-refractivity contribution in [2.45, 2.75) is 66.3 Å². The second-order valence-corrected chi connectivity index (χ2v) is 5.74. The van der Waals surface area contributed by atoms with Crippen molar-refractivity contribution in [2.24, 2.45) is 5.73 Å². The Balaban J connectivity index is 3.04. The van der Waals surface area contributed by atoms with E-state index < -0.39 is 0 Å². The highest BCUT2D eigenvalue weighted by Crippen LogP contribution is 2.34. The van der Waals surface area contributed by atoms with E-state index in [1.807, 2.05) is 6.92 Å². The Morgan fingerprint density at radius 1 is 1.11 bits per heavy atom. The summed E-state index contributed by atoms with van der Waals surface area (Å²) in [7, 11) is 0. The van der Waals surface area contributed by atoms with Crippen molar-refractivity contribution in [3.05, 3.63) is 28.3 Å². The molecular weight excluding hydrogens is 234 g/mol. The van der Waals surface area contributed by atoms with Crippen molar-refractivity contribution in [1.29, 1.82) is 0 Å². The van der Waals surface area contributed by atoms with Crippen LogP contribution in [0.3, 0.4) is 0 Å². The lowest BCUT2D eigenvalue weighted by atomic mass is 9.86. The molecule has 0 aliphatic rings. The van der Waals surface area contributed by atoms with Gasteiger partial charge in [0.05, 0.1) is 6.61 Å². The summed E-state index contributed by atoms with van der Waals surface area (Å²) < 4.78 is 5.71. The SMILES string of the molecule is CCOc1cc(C)c(C(C)CCC(C)N)c(C)c1C. The van der Waals surface area contributed by atoms with Gasteiger partial charge in [0.25, 0.3) is 0 Å². The van der Waals surface area contributed by atoms with Crippen molar-refractivity contribution in [3.8, 4) is 5.75 Å². The van der Waals surface area contributed by atoms with Gasteiger partial charge in [0, 0.05) is 6.04 Å². The lowest BCUT2D eigenvalue weighted by molar-refractivity contribution is 0.337. The Labute approximate surface area is 118 Å². The maximum Gasteiger partial charge on any atom is 0.122 e. The van der Waals surface area contributed by atoms with Crippen LogP contribution in [-0.2, 0) is 0 Å². The first-order chi connectivity index (χ1) is 8.88. The fraction of sp³-hybridized carbons (Fsp3) is 0.647. The first-order valence-corrected chi connectivity index (χ1v) is 7.37. The molecule has 19 heavy (non-hydrogen) atoms. The summed E-state index contributed by atoms with van der Waals surface area (Å²) in [4.78, 5) is 0. The van der Waals surface area contributed by atoms with E-state index in [0.29, 0.717) is 5.92 Å². The molecule has 2 atom stereocenters. The van der Waals surface area contributed by atoms with E-state index in [-0.39, 0.29) is 6.04 Å². The summed E-state index contributed by atoms with van der Waals surface area (Å²) in [5.74, 6) is 1.58. The number of nitrogens with two attached hydrogens (primary N) is 1. The maximum absolute atomic E-state index is 5.87. The molecule has 0 fully saturated rings. The summed E-state index contributed by atoms with van der Waals surface area (Å²) in [6.45, 7) is 13.7. The number of benzene rings is 1. The van der Waals surface area contributed by atoms with Crippen LogP contribution in [0.25, 0.3) is 0 Å². The summed E-state index contributed by atoms with van der Waals surface area (Å²) in [5.41, 5.74) is 11.3. The van der Waals surface area contributed by atoms with Gasteiger partial charge >= 0.3 is 0 Å². The molecule has 0 amide bonds. The zero-order chi connectivity index (χ0) is 14.6. The number of hydrogen-bond donors (Lipinski definition) is 1. The molecule has 2 nitrogen and oxygen atoms in total. The second-order valence-electron chi connectivity index (χ2n) is 5.74. The number of aryl methyl sites for hydroxylation is 1. The highest BCUT2D eigenvalue weighted by molar-refractivity contribution is 5.49. The van der Waals surface area contributed by atoms with Gasteiger partial charge in [0.15, 0.2) is 0 Å². The van der Waals surface area contributed by atoms with Crippen LogP contribution in [0.15, 0.2) is 6.07 Å². The van der Waals surface area contributed by atoms with Crippen LogP contribution in [0.2, 0.25) is 0 Å². The van der Waals surface area contributed by atoms with Crippen molar-refractivity contribution in [3.63, 3.8) is 0 Å². The van der Waals surface area contributed by atoms with Crippen LogP contribution >= 0.6 is 0 Å². The fourth-order valence-electron chi connectivity index (χ4n) is 2.79. The smallest absolute Gasteiger partial charge is 0.122 e. The molecule has 0 bridgehead atoms. The van der Waals surface area contributed by atoms with Crippen molar-refractivity contribution >= 4 is 0 Å². The number of ether oxygens (including phenoxy) is 1. The molecule has 1 rings (SSSR count). The topological polar surface area (TPSA) is 35.2 Å². The third kappa shape index (κ3) is 3.97. The van der Waals surface area contributed by atoms with Gasteiger partial charge in [-0.2, -0.15) is 0 Å².